The van der Waals surface area contributed by atoms with Gasteiger partial charge >= 0.3 is 0 Å². The summed E-state index contributed by atoms with van der Waals surface area (Å²) >= 11 is 0. The second-order valence-electron chi connectivity index (χ2n) is 4.14. The summed E-state index contributed by atoms with van der Waals surface area (Å²) in [7, 11) is -3.46. The minimum absolute atomic E-state index is 0.195. The van der Waals surface area contributed by atoms with E-state index >= 15 is 0 Å². The minimum atomic E-state index is -3.46. The van der Waals surface area contributed by atoms with Crippen LogP contribution in [-0.4, -0.2) is 44.2 Å². The van der Waals surface area contributed by atoms with Crippen molar-refractivity contribution in [3.8, 4) is 0 Å². The van der Waals surface area contributed by atoms with Gasteiger partial charge in [0.2, 0.25) is 0 Å². The average Bonchev–Trinajstić information content (AvgIpc) is 2.68. The summed E-state index contributed by atoms with van der Waals surface area (Å²) in [4.78, 5) is 0. The number of hydrogen-bond acceptors (Lipinski definition) is 5. The molecule has 2 heterocycles. The van der Waals surface area contributed by atoms with E-state index in [0.29, 0.717) is 37.8 Å². The number of ether oxygens (including phenoxy) is 1. The number of aromatic nitrogens is 1. The quantitative estimate of drug-likeness (QED) is 0.833. The van der Waals surface area contributed by atoms with Gasteiger partial charge in [0.25, 0.3) is 10.2 Å². The highest BCUT2D eigenvalue weighted by molar-refractivity contribution is 7.87. The van der Waals surface area contributed by atoms with Gasteiger partial charge in [-0.05, 0) is 13.8 Å². The van der Waals surface area contributed by atoms with Gasteiger partial charge in [-0.25, -0.2) is 0 Å². The lowest BCUT2D eigenvalue weighted by Crippen LogP contribution is -2.46. The van der Waals surface area contributed by atoms with E-state index in [1.807, 2.05) is 0 Å². The molecule has 0 aliphatic carbocycles. The first-order chi connectivity index (χ1) is 8.50. The molecule has 0 saturated carbocycles. The molecule has 1 N–H and O–H groups in total. The van der Waals surface area contributed by atoms with Gasteiger partial charge < -0.3 is 9.26 Å². The summed E-state index contributed by atoms with van der Waals surface area (Å²) in [6.07, 6.45) is 0. The molecular weight excluding hydrogens is 258 g/mol. The van der Waals surface area contributed by atoms with Crippen LogP contribution in [0.4, 0.5) is 0 Å². The van der Waals surface area contributed by atoms with Crippen molar-refractivity contribution < 1.29 is 17.7 Å². The van der Waals surface area contributed by atoms with Crippen LogP contribution in [-0.2, 0) is 21.5 Å². The summed E-state index contributed by atoms with van der Waals surface area (Å²) in [5.74, 6) is 0.636. The molecule has 18 heavy (non-hydrogen) atoms. The standard InChI is InChI=1S/C10H17N3O4S/c1-8-10(9(2)17-12-8)7-11-18(14,15)13-3-5-16-6-4-13/h11H,3-7H2,1-2H3. The van der Waals surface area contributed by atoms with Crippen LogP contribution < -0.4 is 4.72 Å². The van der Waals surface area contributed by atoms with Crippen molar-refractivity contribution in [2.75, 3.05) is 26.3 Å². The second-order valence-corrected chi connectivity index (χ2v) is 5.90. The molecule has 1 aromatic rings. The van der Waals surface area contributed by atoms with Crippen molar-refractivity contribution in [3.63, 3.8) is 0 Å². The largest absolute Gasteiger partial charge is 0.379 e. The van der Waals surface area contributed by atoms with Gasteiger partial charge in [0.05, 0.1) is 18.9 Å². The maximum absolute atomic E-state index is 12.0. The fourth-order valence-electron chi connectivity index (χ4n) is 1.80. The molecule has 102 valence electrons. The molecule has 0 atom stereocenters. The van der Waals surface area contributed by atoms with Crippen molar-refractivity contribution in [2.24, 2.45) is 0 Å². The first-order valence-corrected chi connectivity index (χ1v) is 7.19. The number of hydrogen-bond donors (Lipinski definition) is 1. The monoisotopic (exact) mass is 275 g/mol. The van der Waals surface area contributed by atoms with E-state index in [1.54, 1.807) is 13.8 Å². The molecular formula is C10H17N3O4S. The molecule has 1 aliphatic rings. The third-order valence-electron chi connectivity index (χ3n) is 2.92. The Morgan fingerprint density at radius 3 is 2.56 bits per heavy atom. The van der Waals surface area contributed by atoms with Crippen LogP contribution in [0.25, 0.3) is 0 Å². The molecule has 0 unspecified atom stereocenters. The van der Waals surface area contributed by atoms with Crippen LogP contribution in [0.1, 0.15) is 17.0 Å². The van der Waals surface area contributed by atoms with E-state index in [2.05, 4.69) is 9.88 Å². The Kier molecular flexibility index (Phi) is 4.00. The summed E-state index contributed by atoms with van der Waals surface area (Å²) in [6, 6.07) is 0. The summed E-state index contributed by atoms with van der Waals surface area (Å²) in [5.41, 5.74) is 1.49. The van der Waals surface area contributed by atoms with Gasteiger partial charge in [-0.15, -0.1) is 0 Å². The lowest BCUT2D eigenvalue weighted by molar-refractivity contribution is 0.0724. The Bertz CT molecular complexity index is 486. The van der Waals surface area contributed by atoms with Crippen molar-refractivity contribution in [2.45, 2.75) is 20.4 Å². The topological polar surface area (TPSA) is 84.7 Å². The maximum Gasteiger partial charge on any atom is 0.279 e. The molecule has 0 bridgehead atoms. The molecule has 0 aromatic carbocycles. The Labute approximate surface area is 106 Å². The van der Waals surface area contributed by atoms with E-state index in [4.69, 9.17) is 9.26 Å². The van der Waals surface area contributed by atoms with E-state index < -0.39 is 10.2 Å². The van der Waals surface area contributed by atoms with E-state index in [9.17, 15) is 8.42 Å². The van der Waals surface area contributed by atoms with Gasteiger partial charge in [-0.3, -0.25) is 0 Å². The number of nitrogens with one attached hydrogen (secondary N) is 1. The molecule has 1 aliphatic heterocycles. The lowest BCUT2D eigenvalue weighted by Gasteiger charge is -2.26. The fourth-order valence-corrected chi connectivity index (χ4v) is 2.93. The summed E-state index contributed by atoms with van der Waals surface area (Å²) in [5, 5.41) is 3.79. The van der Waals surface area contributed by atoms with Gasteiger partial charge in [-0.2, -0.15) is 17.4 Å². The number of aryl methyl sites for hydroxylation is 2. The molecule has 1 saturated heterocycles. The Morgan fingerprint density at radius 1 is 1.33 bits per heavy atom. The SMILES string of the molecule is Cc1noc(C)c1CNS(=O)(=O)N1CCOCC1. The van der Waals surface area contributed by atoms with Gasteiger partial charge in [0, 0.05) is 25.2 Å². The molecule has 0 spiro atoms. The highest BCUT2D eigenvalue weighted by Crippen LogP contribution is 2.12. The molecule has 2 rings (SSSR count). The van der Waals surface area contributed by atoms with Crippen molar-refractivity contribution in [1.82, 2.24) is 14.2 Å². The van der Waals surface area contributed by atoms with Crippen LogP contribution in [0, 0.1) is 13.8 Å². The highest BCUT2D eigenvalue weighted by Gasteiger charge is 2.24. The zero-order chi connectivity index (χ0) is 13.2. The zero-order valence-corrected chi connectivity index (χ0v) is 11.3. The molecule has 1 fully saturated rings. The molecule has 0 amide bonds. The van der Waals surface area contributed by atoms with Crippen LogP contribution >= 0.6 is 0 Å². The van der Waals surface area contributed by atoms with Crippen molar-refractivity contribution in [3.05, 3.63) is 17.0 Å². The van der Waals surface area contributed by atoms with Gasteiger partial charge in [0.1, 0.15) is 5.76 Å². The predicted octanol–water partition coefficient (Wildman–Crippen LogP) is -0.0420. The smallest absolute Gasteiger partial charge is 0.279 e. The van der Waals surface area contributed by atoms with Crippen LogP contribution in [0.15, 0.2) is 4.52 Å². The first kappa shape index (κ1) is 13.5. The first-order valence-electron chi connectivity index (χ1n) is 5.75. The van der Waals surface area contributed by atoms with Crippen LogP contribution in [0.3, 0.4) is 0 Å². The van der Waals surface area contributed by atoms with E-state index in [1.165, 1.54) is 4.31 Å². The number of nitrogens with zero attached hydrogens (tertiary/aromatic N) is 2. The van der Waals surface area contributed by atoms with Gasteiger partial charge in [0.15, 0.2) is 0 Å². The highest BCUT2D eigenvalue weighted by atomic mass is 32.2. The Balaban J connectivity index is 2.00. The van der Waals surface area contributed by atoms with E-state index in [0.717, 1.165) is 5.56 Å². The second kappa shape index (κ2) is 5.35. The zero-order valence-electron chi connectivity index (χ0n) is 10.5. The maximum atomic E-state index is 12.0. The molecule has 1 aromatic heterocycles. The molecule has 8 heteroatoms. The van der Waals surface area contributed by atoms with Gasteiger partial charge in [-0.1, -0.05) is 5.16 Å². The van der Waals surface area contributed by atoms with Crippen molar-refractivity contribution in [1.29, 1.82) is 0 Å². The number of rotatable bonds is 4. The average molecular weight is 275 g/mol. The Morgan fingerprint density at radius 2 is 2.00 bits per heavy atom. The number of morpholine rings is 1. The third-order valence-corrected chi connectivity index (χ3v) is 4.48. The van der Waals surface area contributed by atoms with E-state index in [-0.39, 0.29) is 6.54 Å². The van der Waals surface area contributed by atoms with Crippen LogP contribution in [0.5, 0.6) is 0 Å². The molecule has 0 radical (unpaired) electrons. The summed E-state index contributed by atoms with van der Waals surface area (Å²) in [6.45, 7) is 5.39. The summed E-state index contributed by atoms with van der Waals surface area (Å²) < 4.78 is 38.1. The third kappa shape index (κ3) is 2.89. The fraction of sp³-hybridized carbons (Fsp3) is 0.700. The Hall–Kier alpha value is -0.960. The van der Waals surface area contributed by atoms with Crippen molar-refractivity contribution >= 4 is 10.2 Å². The lowest BCUT2D eigenvalue weighted by atomic mass is 10.2. The molecule has 7 nitrogen and oxygen atoms in total. The minimum Gasteiger partial charge on any atom is -0.379 e. The predicted molar refractivity (Wildman–Crippen MR) is 64.1 cm³/mol. The van der Waals surface area contributed by atoms with Crippen LogP contribution in [0.2, 0.25) is 0 Å². The normalized spacial score (nSPS) is 18.1.